The second-order valence-electron chi connectivity index (χ2n) is 8.29. The summed E-state index contributed by atoms with van der Waals surface area (Å²) in [6.07, 6.45) is -3.39. The molecule has 14 heteroatoms. The minimum Gasteiger partial charge on any atom is -0.452 e. The van der Waals surface area contributed by atoms with E-state index in [4.69, 9.17) is 13.6 Å². The molecule has 0 saturated carbocycles. The van der Waals surface area contributed by atoms with E-state index in [0.717, 1.165) is 17.7 Å². The Kier molecular flexibility index (Phi) is 7.59. The number of pyridine rings is 1. The van der Waals surface area contributed by atoms with Gasteiger partial charge in [0.25, 0.3) is 5.91 Å². The molecular weight excluding hydrogens is 533 g/mol. The number of carbonyl (C=O) groups excluding carboxylic acids is 1. The van der Waals surface area contributed by atoms with Crippen molar-refractivity contribution in [2.45, 2.75) is 12.4 Å². The summed E-state index contributed by atoms with van der Waals surface area (Å²) in [7, 11) is 1.43. The van der Waals surface area contributed by atoms with Gasteiger partial charge in [-0.3, -0.25) is 9.78 Å². The van der Waals surface area contributed by atoms with Crippen molar-refractivity contribution in [2.75, 3.05) is 20.2 Å². The van der Waals surface area contributed by atoms with Crippen LogP contribution in [0.2, 0.25) is 0 Å². The van der Waals surface area contributed by atoms with E-state index in [2.05, 4.69) is 35.5 Å². The van der Waals surface area contributed by atoms with Crippen molar-refractivity contribution >= 4 is 17.0 Å². The number of alkyl halides is 3. The van der Waals surface area contributed by atoms with Crippen LogP contribution in [-0.4, -0.2) is 52.6 Å². The third-order valence-corrected chi connectivity index (χ3v) is 5.57. The fourth-order valence-electron chi connectivity index (χ4n) is 3.81. The molecule has 1 atom stereocenters. The number of benzene rings is 2. The quantitative estimate of drug-likeness (QED) is 0.241. The van der Waals surface area contributed by atoms with Gasteiger partial charge in [0.1, 0.15) is 23.0 Å². The number of oxazole rings is 1. The monoisotopic (exact) mass is 554 g/mol. The lowest BCUT2D eigenvalue weighted by Crippen LogP contribution is -2.34. The normalized spacial score (nSPS) is 12.3. The summed E-state index contributed by atoms with van der Waals surface area (Å²) in [5, 5.41) is 13.9. The molecule has 0 spiro atoms. The van der Waals surface area contributed by atoms with E-state index < -0.39 is 24.1 Å². The highest BCUT2D eigenvalue weighted by molar-refractivity contribution is 5.93. The van der Waals surface area contributed by atoms with Crippen molar-refractivity contribution in [3.63, 3.8) is 0 Å². The minimum absolute atomic E-state index is 0.0333. The highest BCUT2D eigenvalue weighted by Gasteiger charge is 2.31. The number of rotatable bonds is 10. The molecule has 40 heavy (non-hydrogen) atoms. The standard InChI is InChI=1S/C26H21F3N6O5/c1-37-25-35-34-24(39-25)21(15-5-3-2-4-6-15)31-11-12-32-22(36)19-13-16(9-10-30-19)23-33-18-14-17(40-26(27,28)29)7-8-20(18)38-23/h2-10,13-14,21,31H,11-12H2,1H3,(H,32,36). The molecule has 0 aliphatic carbocycles. The number of hydrogen-bond donors (Lipinski definition) is 2. The fourth-order valence-corrected chi connectivity index (χ4v) is 3.81. The summed E-state index contributed by atoms with van der Waals surface area (Å²) in [5.41, 5.74) is 1.82. The highest BCUT2D eigenvalue weighted by atomic mass is 19.4. The number of nitrogens with zero attached hydrogens (tertiary/aromatic N) is 4. The molecule has 2 aromatic carbocycles. The molecule has 0 aliphatic rings. The highest BCUT2D eigenvalue weighted by Crippen LogP contribution is 2.30. The summed E-state index contributed by atoms with van der Waals surface area (Å²) in [6.45, 7) is 0.591. The Morgan fingerprint density at radius 2 is 1.85 bits per heavy atom. The molecule has 1 unspecified atom stereocenters. The lowest BCUT2D eigenvalue weighted by atomic mass is 10.1. The smallest absolute Gasteiger partial charge is 0.452 e. The Bertz CT molecular complexity index is 1610. The summed E-state index contributed by atoms with van der Waals surface area (Å²) in [6, 6.07) is 15.6. The molecule has 0 fully saturated rings. The van der Waals surface area contributed by atoms with Crippen LogP contribution in [0.3, 0.4) is 0 Å². The van der Waals surface area contributed by atoms with E-state index in [9.17, 15) is 18.0 Å². The van der Waals surface area contributed by atoms with E-state index in [1.165, 1.54) is 25.4 Å². The lowest BCUT2D eigenvalue weighted by Gasteiger charge is -2.15. The van der Waals surface area contributed by atoms with Gasteiger partial charge in [-0.25, -0.2) is 4.98 Å². The molecule has 3 heterocycles. The van der Waals surface area contributed by atoms with Gasteiger partial charge in [0.2, 0.25) is 11.8 Å². The zero-order valence-corrected chi connectivity index (χ0v) is 20.8. The largest absolute Gasteiger partial charge is 0.573 e. The first kappa shape index (κ1) is 26.6. The first-order valence-corrected chi connectivity index (χ1v) is 11.9. The first-order chi connectivity index (χ1) is 19.3. The molecule has 0 saturated heterocycles. The third-order valence-electron chi connectivity index (χ3n) is 5.57. The topological polar surface area (TPSA) is 137 Å². The summed E-state index contributed by atoms with van der Waals surface area (Å²) in [4.78, 5) is 21.1. The predicted molar refractivity (Wildman–Crippen MR) is 133 cm³/mol. The first-order valence-electron chi connectivity index (χ1n) is 11.9. The molecule has 206 valence electrons. The zero-order valence-electron chi connectivity index (χ0n) is 20.8. The van der Waals surface area contributed by atoms with Crippen LogP contribution in [0.5, 0.6) is 11.8 Å². The molecule has 11 nitrogen and oxygen atoms in total. The van der Waals surface area contributed by atoms with Crippen molar-refractivity contribution in [3.8, 4) is 23.3 Å². The molecule has 5 aromatic rings. The molecule has 5 rings (SSSR count). The van der Waals surface area contributed by atoms with Gasteiger partial charge in [0.05, 0.1) is 7.11 Å². The maximum absolute atomic E-state index is 12.8. The van der Waals surface area contributed by atoms with Crippen LogP contribution in [0.4, 0.5) is 13.2 Å². The van der Waals surface area contributed by atoms with Crippen LogP contribution >= 0.6 is 0 Å². The van der Waals surface area contributed by atoms with Crippen LogP contribution in [0.25, 0.3) is 22.6 Å². The maximum Gasteiger partial charge on any atom is 0.573 e. The third kappa shape index (κ3) is 6.35. The average Bonchev–Trinajstić information content (AvgIpc) is 3.60. The van der Waals surface area contributed by atoms with Gasteiger partial charge in [-0.1, -0.05) is 35.4 Å². The zero-order chi connectivity index (χ0) is 28.1. The van der Waals surface area contributed by atoms with Crippen LogP contribution < -0.4 is 20.1 Å². The van der Waals surface area contributed by atoms with Gasteiger partial charge < -0.3 is 28.9 Å². The van der Waals surface area contributed by atoms with E-state index in [1.807, 2.05) is 30.3 Å². The van der Waals surface area contributed by atoms with Gasteiger partial charge in [-0.05, 0) is 29.8 Å². The number of aromatic nitrogens is 4. The number of halogens is 3. The summed E-state index contributed by atoms with van der Waals surface area (Å²) in [5.74, 6) is -0.454. The Hall–Kier alpha value is -4.98. The fraction of sp³-hybridized carbons (Fsp3) is 0.192. The lowest BCUT2D eigenvalue weighted by molar-refractivity contribution is -0.274. The van der Waals surface area contributed by atoms with Gasteiger partial charge in [-0.2, -0.15) is 0 Å². The number of methoxy groups -OCH3 is 1. The summed E-state index contributed by atoms with van der Waals surface area (Å²) >= 11 is 0. The number of fused-ring (bicyclic) bond motifs is 1. The Morgan fingerprint density at radius 3 is 2.60 bits per heavy atom. The van der Waals surface area contributed by atoms with Crippen LogP contribution in [-0.2, 0) is 0 Å². The van der Waals surface area contributed by atoms with Crippen molar-refractivity contribution in [2.24, 2.45) is 0 Å². The van der Waals surface area contributed by atoms with Crippen molar-refractivity contribution in [1.29, 1.82) is 0 Å². The van der Waals surface area contributed by atoms with E-state index in [-0.39, 0.29) is 35.3 Å². The maximum atomic E-state index is 12.8. The molecular formula is C26H21F3N6O5. The number of hydrogen-bond acceptors (Lipinski definition) is 10. The van der Waals surface area contributed by atoms with Crippen LogP contribution in [0.15, 0.2) is 75.7 Å². The predicted octanol–water partition coefficient (Wildman–Crippen LogP) is 4.29. The molecule has 0 aliphatic heterocycles. The van der Waals surface area contributed by atoms with Gasteiger partial charge in [-0.15, -0.1) is 18.3 Å². The van der Waals surface area contributed by atoms with Gasteiger partial charge >= 0.3 is 12.4 Å². The Morgan fingerprint density at radius 1 is 1.02 bits per heavy atom. The summed E-state index contributed by atoms with van der Waals surface area (Å²) < 4.78 is 57.6. The average molecular weight is 554 g/mol. The molecule has 1 amide bonds. The second-order valence-corrected chi connectivity index (χ2v) is 8.29. The SMILES string of the molecule is COc1nnc(C(NCCNC(=O)c2cc(-c3nc4cc(OC(F)(F)F)ccc4o3)ccn2)c2ccccc2)o1. The van der Waals surface area contributed by atoms with E-state index >= 15 is 0 Å². The van der Waals surface area contributed by atoms with Crippen molar-refractivity contribution in [1.82, 2.24) is 30.8 Å². The van der Waals surface area contributed by atoms with E-state index in [0.29, 0.717) is 18.0 Å². The number of amides is 1. The van der Waals surface area contributed by atoms with Crippen LogP contribution in [0.1, 0.15) is 28.0 Å². The van der Waals surface area contributed by atoms with Crippen molar-refractivity contribution in [3.05, 3.63) is 84.0 Å². The molecule has 0 radical (unpaired) electrons. The number of nitrogens with one attached hydrogen (secondary N) is 2. The number of ether oxygens (including phenoxy) is 2. The molecule has 3 aromatic heterocycles. The Balaban J connectivity index is 1.23. The second kappa shape index (κ2) is 11.4. The van der Waals surface area contributed by atoms with Gasteiger partial charge in [0.15, 0.2) is 5.58 Å². The van der Waals surface area contributed by atoms with Gasteiger partial charge in [0, 0.05) is 30.9 Å². The molecule has 0 bridgehead atoms. The van der Waals surface area contributed by atoms with Crippen molar-refractivity contribution < 1.29 is 36.3 Å². The minimum atomic E-state index is -4.83. The van der Waals surface area contributed by atoms with E-state index in [1.54, 1.807) is 6.07 Å². The van der Waals surface area contributed by atoms with Crippen LogP contribution in [0, 0.1) is 0 Å². The molecule has 2 N–H and O–H groups in total. The Labute approximate surface area is 224 Å². The number of carbonyl (C=O) groups is 1.